The predicted molar refractivity (Wildman–Crippen MR) is 116 cm³/mol. The van der Waals surface area contributed by atoms with Gasteiger partial charge in [-0.05, 0) is 24.1 Å². The Morgan fingerprint density at radius 2 is 1.81 bits per heavy atom. The molecule has 0 bridgehead atoms. The van der Waals surface area contributed by atoms with E-state index in [9.17, 15) is 0 Å². The minimum atomic E-state index is 0. The average molecular weight is 470 g/mol. The van der Waals surface area contributed by atoms with Gasteiger partial charge in [-0.25, -0.2) is 4.98 Å². The van der Waals surface area contributed by atoms with E-state index in [0.29, 0.717) is 25.6 Å². The van der Waals surface area contributed by atoms with E-state index >= 15 is 0 Å². The molecule has 0 aliphatic rings. The van der Waals surface area contributed by atoms with Crippen LogP contribution in [0.25, 0.3) is 0 Å². The molecule has 0 amide bonds. The maximum Gasteiger partial charge on any atom is 0.213 e. The second kappa shape index (κ2) is 13.2. The number of aromatic nitrogens is 1. The zero-order valence-corrected chi connectivity index (χ0v) is 17.6. The summed E-state index contributed by atoms with van der Waals surface area (Å²) in [7, 11) is 1.76. The lowest BCUT2D eigenvalue weighted by Gasteiger charge is -2.11. The lowest BCUT2D eigenvalue weighted by Crippen LogP contribution is -2.37. The van der Waals surface area contributed by atoms with Gasteiger partial charge in [0.1, 0.15) is 19.0 Å². The van der Waals surface area contributed by atoms with Gasteiger partial charge in [0.25, 0.3) is 0 Å². The third-order valence-corrected chi connectivity index (χ3v) is 3.37. The molecule has 0 saturated heterocycles. The number of benzene rings is 1. The molecule has 0 atom stereocenters. The Morgan fingerprint density at radius 1 is 1.04 bits per heavy atom. The summed E-state index contributed by atoms with van der Waals surface area (Å²) in [4.78, 5) is 8.48. The maximum absolute atomic E-state index is 5.59. The van der Waals surface area contributed by atoms with Crippen LogP contribution >= 0.6 is 24.0 Å². The van der Waals surface area contributed by atoms with Crippen LogP contribution in [-0.4, -0.2) is 37.7 Å². The number of rotatable bonds is 9. The van der Waals surface area contributed by atoms with Crippen molar-refractivity contribution in [3.05, 3.63) is 54.2 Å². The molecule has 0 aliphatic heterocycles. The van der Waals surface area contributed by atoms with Crippen LogP contribution in [0.1, 0.15) is 18.9 Å². The molecule has 0 fully saturated rings. The topological polar surface area (TPSA) is 67.8 Å². The minimum absolute atomic E-state index is 0. The fraction of sp³-hybridized carbons (Fsp3) is 0.368. The van der Waals surface area contributed by atoms with Gasteiger partial charge < -0.3 is 20.1 Å². The highest BCUT2D eigenvalue weighted by Crippen LogP contribution is 2.09. The average Bonchev–Trinajstić information content (AvgIpc) is 2.67. The molecule has 1 aromatic carbocycles. The second-order valence-corrected chi connectivity index (χ2v) is 5.37. The molecule has 0 radical (unpaired) electrons. The number of nitrogens with zero attached hydrogens (tertiary/aromatic N) is 2. The number of para-hydroxylation sites is 1. The van der Waals surface area contributed by atoms with Crippen molar-refractivity contribution >= 4 is 29.9 Å². The standard InChI is InChI=1S/C19H26N4O2.HI/c1-3-11-21-19(20-2)23-15-16-9-10-18(22-14-16)25-13-12-24-17-7-5-4-6-8-17;/h4-10,14H,3,11-13,15H2,1-2H3,(H2,20,21,23);1H. The van der Waals surface area contributed by atoms with Gasteiger partial charge in [-0.15, -0.1) is 24.0 Å². The van der Waals surface area contributed by atoms with Crippen molar-refractivity contribution < 1.29 is 9.47 Å². The molecule has 26 heavy (non-hydrogen) atoms. The Morgan fingerprint density at radius 3 is 2.46 bits per heavy atom. The number of ether oxygens (including phenoxy) is 2. The highest BCUT2D eigenvalue weighted by molar-refractivity contribution is 14.0. The molecule has 7 heteroatoms. The van der Waals surface area contributed by atoms with Gasteiger partial charge in [-0.2, -0.15) is 0 Å². The van der Waals surface area contributed by atoms with Gasteiger partial charge in [-0.1, -0.05) is 31.2 Å². The molecule has 1 heterocycles. The van der Waals surface area contributed by atoms with Crippen LogP contribution in [-0.2, 0) is 6.54 Å². The lowest BCUT2D eigenvalue weighted by atomic mass is 10.3. The maximum atomic E-state index is 5.59. The number of hydrogen-bond donors (Lipinski definition) is 2. The summed E-state index contributed by atoms with van der Waals surface area (Å²) in [5, 5.41) is 6.48. The van der Waals surface area contributed by atoms with Crippen molar-refractivity contribution in [3.8, 4) is 11.6 Å². The van der Waals surface area contributed by atoms with E-state index in [1.54, 1.807) is 13.2 Å². The van der Waals surface area contributed by atoms with E-state index in [1.807, 2.05) is 42.5 Å². The van der Waals surface area contributed by atoms with Gasteiger partial charge in [0.2, 0.25) is 5.88 Å². The first-order valence-electron chi connectivity index (χ1n) is 8.52. The smallest absolute Gasteiger partial charge is 0.213 e. The number of pyridine rings is 1. The second-order valence-electron chi connectivity index (χ2n) is 5.37. The predicted octanol–water partition coefficient (Wildman–Crippen LogP) is 3.23. The Balaban J connectivity index is 0.00000338. The molecule has 0 saturated carbocycles. The van der Waals surface area contributed by atoms with Crippen molar-refractivity contribution in [3.63, 3.8) is 0 Å². The van der Waals surface area contributed by atoms with Crippen LogP contribution in [0.15, 0.2) is 53.7 Å². The zero-order valence-electron chi connectivity index (χ0n) is 15.3. The molecule has 0 unspecified atom stereocenters. The van der Waals surface area contributed by atoms with E-state index in [-0.39, 0.29) is 24.0 Å². The Hall–Kier alpha value is -2.03. The van der Waals surface area contributed by atoms with Crippen molar-refractivity contribution in [2.45, 2.75) is 19.9 Å². The molecule has 1 aromatic heterocycles. The lowest BCUT2D eigenvalue weighted by molar-refractivity contribution is 0.212. The van der Waals surface area contributed by atoms with Crippen molar-refractivity contribution in [1.82, 2.24) is 15.6 Å². The molecular formula is C19H27IN4O2. The van der Waals surface area contributed by atoms with E-state index in [4.69, 9.17) is 9.47 Å². The number of aliphatic imine (C=N–C) groups is 1. The van der Waals surface area contributed by atoms with E-state index in [2.05, 4.69) is 27.5 Å². The summed E-state index contributed by atoms with van der Waals surface area (Å²) in [6.07, 6.45) is 2.86. The highest BCUT2D eigenvalue weighted by atomic mass is 127. The third kappa shape index (κ3) is 8.37. The van der Waals surface area contributed by atoms with Crippen LogP contribution < -0.4 is 20.1 Å². The molecular weight excluding hydrogens is 443 g/mol. The Bertz CT molecular complexity index is 636. The fourth-order valence-corrected chi connectivity index (χ4v) is 2.07. The Labute approximate surface area is 172 Å². The van der Waals surface area contributed by atoms with E-state index in [0.717, 1.165) is 30.2 Å². The van der Waals surface area contributed by atoms with Crippen LogP contribution in [0.3, 0.4) is 0 Å². The minimum Gasteiger partial charge on any atom is -0.490 e. The molecule has 2 aromatic rings. The Kier molecular flexibility index (Phi) is 11.2. The summed E-state index contributed by atoms with van der Waals surface area (Å²) in [5.41, 5.74) is 1.06. The monoisotopic (exact) mass is 470 g/mol. The molecule has 0 aliphatic carbocycles. The summed E-state index contributed by atoms with van der Waals surface area (Å²) in [5.74, 6) is 2.22. The van der Waals surface area contributed by atoms with Gasteiger partial charge in [0.05, 0.1) is 0 Å². The van der Waals surface area contributed by atoms with Crippen LogP contribution in [0.2, 0.25) is 0 Å². The first-order valence-corrected chi connectivity index (χ1v) is 8.52. The van der Waals surface area contributed by atoms with Crippen LogP contribution in [0.5, 0.6) is 11.6 Å². The molecule has 0 spiro atoms. The third-order valence-electron chi connectivity index (χ3n) is 3.37. The van der Waals surface area contributed by atoms with E-state index < -0.39 is 0 Å². The summed E-state index contributed by atoms with van der Waals surface area (Å²) in [6.45, 7) is 4.61. The number of hydrogen-bond acceptors (Lipinski definition) is 4. The zero-order chi connectivity index (χ0) is 17.7. The fourth-order valence-electron chi connectivity index (χ4n) is 2.07. The van der Waals surface area contributed by atoms with Gasteiger partial charge in [0, 0.05) is 32.4 Å². The van der Waals surface area contributed by atoms with Gasteiger partial charge in [0.15, 0.2) is 5.96 Å². The molecule has 2 N–H and O–H groups in total. The number of nitrogens with one attached hydrogen (secondary N) is 2. The first kappa shape index (κ1) is 22.0. The van der Waals surface area contributed by atoms with Crippen LogP contribution in [0.4, 0.5) is 0 Å². The molecule has 142 valence electrons. The van der Waals surface area contributed by atoms with Crippen molar-refractivity contribution in [1.29, 1.82) is 0 Å². The molecule has 2 rings (SSSR count). The normalized spacial score (nSPS) is 10.6. The molecule has 6 nitrogen and oxygen atoms in total. The SMILES string of the molecule is CCCNC(=NC)NCc1ccc(OCCOc2ccccc2)nc1.I. The summed E-state index contributed by atoms with van der Waals surface area (Å²) in [6, 6.07) is 13.5. The van der Waals surface area contributed by atoms with Crippen LogP contribution in [0, 0.1) is 0 Å². The highest BCUT2D eigenvalue weighted by Gasteiger charge is 2.00. The number of guanidine groups is 1. The first-order chi connectivity index (χ1) is 12.3. The summed E-state index contributed by atoms with van der Waals surface area (Å²) >= 11 is 0. The van der Waals surface area contributed by atoms with Gasteiger partial charge >= 0.3 is 0 Å². The van der Waals surface area contributed by atoms with E-state index in [1.165, 1.54) is 0 Å². The van der Waals surface area contributed by atoms with Gasteiger partial charge in [-0.3, -0.25) is 4.99 Å². The van der Waals surface area contributed by atoms with Crippen molar-refractivity contribution in [2.75, 3.05) is 26.8 Å². The largest absolute Gasteiger partial charge is 0.490 e. The van der Waals surface area contributed by atoms with Crippen molar-refractivity contribution in [2.24, 2.45) is 4.99 Å². The number of halogens is 1. The quantitative estimate of drug-likeness (QED) is 0.255. The summed E-state index contributed by atoms with van der Waals surface area (Å²) < 4.78 is 11.2.